The fourth-order valence-corrected chi connectivity index (χ4v) is 1.20. The molecule has 2 atom stereocenters. The molecule has 0 aliphatic rings. The number of hydrogen-bond acceptors (Lipinski definition) is 3. The highest BCUT2D eigenvalue weighted by Crippen LogP contribution is 2.18. The summed E-state index contributed by atoms with van der Waals surface area (Å²) in [5, 5.41) is 18.0. The maximum absolute atomic E-state index is 13.0. The van der Waals surface area contributed by atoms with Gasteiger partial charge in [0.05, 0.1) is 18.8 Å². The van der Waals surface area contributed by atoms with Crippen LogP contribution in [0, 0.1) is 5.82 Å². The molecule has 0 saturated heterocycles. The Morgan fingerprint density at radius 3 is 2.64 bits per heavy atom. The van der Waals surface area contributed by atoms with E-state index in [0.29, 0.717) is 5.56 Å². The minimum atomic E-state index is -0.702. The Morgan fingerprint density at radius 1 is 1.50 bits per heavy atom. The summed E-state index contributed by atoms with van der Waals surface area (Å²) in [6.45, 7) is 1.19. The van der Waals surface area contributed by atoms with E-state index in [9.17, 15) is 9.50 Å². The summed E-state index contributed by atoms with van der Waals surface area (Å²) in [7, 11) is 0. The van der Waals surface area contributed by atoms with Crippen LogP contribution in [-0.2, 0) is 6.61 Å². The van der Waals surface area contributed by atoms with Gasteiger partial charge in [0.1, 0.15) is 5.82 Å². The molecule has 0 unspecified atom stereocenters. The van der Waals surface area contributed by atoms with E-state index in [2.05, 4.69) is 0 Å². The monoisotopic (exact) mass is 199 g/mol. The van der Waals surface area contributed by atoms with Gasteiger partial charge in [0.25, 0.3) is 0 Å². The van der Waals surface area contributed by atoms with E-state index >= 15 is 0 Å². The van der Waals surface area contributed by atoms with Crippen LogP contribution in [0.2, 0.25) is 0 Å². The zero-order valence-corrected chi connectivity index (χ0v) is 7.94. The number of nitrogens with two attached hydrogens (primary N) is 1. The highest BCUT2D eigenvalue weighted by atomic mass is 19.1. The Labute approximate surface area is 82.0 Å². The van der Waals surface area contributed by atoms with Crippen LogP contribution in [0.5, 0.6) is 0 Å². The Hall–Kier alpha value is -0.970. The number of hydrogen-bond donors (Lipinski definition) is 3. The lowest BCUT2D eigenvalue weighted by atomic mass is 10.0. The van der Waals surface area contributed by atoms with E-state index in [0.717, 1.165) is 0 Å². The van der Waals surface area contributed by atoms with Crippen LogP contribution in [0.3, 0.4) is 0 Å². The quantitative estimate of drug-likeness (QED) is 0.671. The van der Waals surface area contributed by atoms with Crippen molar-refractivity contribution in [1.29, 1.82) is 0 Å². The van der Waals surface area contributed by atoms with Crippen molar-refractivity contribution in [2.75, 3.05) is 0 Å². The standard InChI is InChI=1S/C10H14FNO2/c1-6(14)10(12)7-2-3-9(11)8(4-7)5-13/h2-4,6,10,13-14H,5,12H2,1H3/t6-,10+/m1/s1. The Morgan fingerprint density at radius 2 is 2.14 bits per heavy atom. The van der Waals surface area contributed by atoms with Crippen LogP contribution < -0.4 is 5.73 Å². The summed E-state index contributed by atoms with van der Waals surface area (Å²) in [5.41, 5.74) is 6.47. The Kier molecular flexibility index (Phi) is 3.57. The zero-order valence-electron chi connectivity index (χ0n) is 7.94. The normalized spacial score (nSPS) is 15.2. The van der Waals surface area contributed by atoms with Crippen molar-refractivity contribution in [3.63, 3.8) is 0 Å². The lowest BCUT2D eigenvalue weighted by Crippen LogP contribution is -2.23. The predicted molar refractivity (Wildman–Crippen MR) is 50.9 cm³/mol. The number of halogens is 1. The fourth-order valence-electron chi connectivity index (χ4n) is 1.20. The van der Waals surface area contributed by atoms with E-state index in [1.54, 1.807) is 6.92 Å². The molecule has 1 aromatic carbocycles. The molecule has 14 heavy (non-hydrogen) atoms. The summed E-state index contributed by atoms with van der Waals surface area (Å²) < 4.78 is 13.0. The van der Waals surface area contributed by atoms with Crippen molar-refractivity contribution in [1.82, 2.24) is 0 Å². The molecular weight excluding hydrogens is 185 g/mol. The second kappa shape index (κ2) is 4.50. The largest absolute Gasteiger partial charge is 0.392 e. The summed E-state index contributed by atoms with van der Waals surface area (Å²) in [6, 6.07) is 3.66. The molecule has 3 nitrogen and oxygen atoms in total. The third-order valence-corrected chi connectivity index (χ3v) is 2.14. The van der Waals surface area contributed by atoms with Gasteiger partial charge in [-0.1, -0.05) is 6.07 Å². The molecule has 4 N–H and O–H groups in total. The minimum absolute atomic E-state index is 0.193. The van der Waals surface area contributed by atoms with Gasteiger partial charge in [-0.2, -0.15) is 0 Å². The molecule has 0 amide bonds. The second-order valence-corrected chi connectivity index (χ2v) is 3.28. The zero-order chi connectivity index (χ0) is 10.7. The first-order valence-electron chi connectivity index (χ1n) is 4.39. The molecule has 0 heterocycles. The van der Waals surface area contributed by atoms with E-state index < -0.39 is 18.0 Å². The molecular formula is C10H14FNO2. The van der Waals surface area contributed by atoms with Gasteiger partial charge < -0.3 is 15.9 Å². The average Bonchev–Trinajstić information content (AvgIpc) is 2.17. The molecule has 0 aromatic heterocycles. The van der Waals surface area contributed by atoms with Gasteiger partial charge >= 0.3 is 0 Å². The molecule has 0 spiro atoms. The lowest BCUT2D eigenvalue weighted by molar-refractivity contribution is 0.164. The van der Waals surface area contributed by atoms with Crippen molar-refractivity contribution in [2.24, 2.45) is 5.73 Å². The first-order valence-corrected chi connectivity index (χ1v) is 4.39. The lowest BCUT2D eigenvalue weighted by Gasteiger charge is -2.15. The molecule has 0 aliphatic heterocycles. The molecule has 4 heteroatoms. The SMILES string of the molecule is C[C@@H](O)[C@H](N)c1ccc(F)c(CO)c1. The van der Waals surface area contributed by atoms with Gasteiger partial charge in [-0.3, -0.25) is 0 Å². The molecule has 78 valence electrons. The first-order chi connectivity index (χ1) is 6.56. The highest BCUT2D eigenvalue weighted by molar-refractivity contribution is 5.27. The summed E-state index contributed by atoms with van der Waals surface area (Å²) in [4.78, 5) is 0. The third kappa shape index (κ3) is 2.29. The van der Waals surface area contributed by atoms with Crippen LogP contribution in [-0.4, -0.2) is 16.3 Å². The van der Waals surface area contributed by atoms with Gasteiger partial charge in [-0.15, -0.1) is 0 Å². The number of aliphatic hydroxyl groups is 2. The van der Waals surface area contributed by atoms with Crippen molar-refractivity contribution >= 4 is 0 Å². The number of rotatable bonds is 3. The van der Waals surface area contributed by atoms with E-state index in [-0.39, 0.29) is 12.2 Å². The van der Waals surface area contributed by atoms with Gasteiger partial charge in [-0.25, -0.2) is 4.39 Å². The van der Waals surface area contributed by atoms with Crippen LogP contribution in [0.4, 0.5) is 4.39 Å². The molecule has 1 rings (SSSR count). The van der Waals surface area contributed by atoms with Crippen LogP contribution in [0.15, 0.2) is 18.2 Å². The van der Waals surface area contributed by atoms with Crippen molar-refractivity contribution in [2.45, 2.75) is 25.7 Å². The summed E-state index contributed by atoms with van der Waals surface area (Å²) >= 11 is 0. The summed E-state index contributed by atoms with van der Waals surface area (Å²) in [6.07, 6.45) is -0.702. The maximum Gasteiger partial charge on any atom is 0.128 e. The molecule has 0 saturated carbocycles. The molecule has 1 aromatic rings. The molecule has 0 fully saturated rings. The highest BCUT2D eigenvalue weighted by Gasteiger charge is 2.13. The third-order valence-electron chi connectivity index (χ3n) is 2.14. The van der Waals surface area contributed by atoms with Gasteiger partial charge in [0, 0.05) is 5.56 Å². The van der Waals surface area contributed by atoms with Crippen LogP contribution >= 0.6 is 0 Å². The maximum atomic E-state index is 13.0. The van der Waals surface area contributed by atoms with Gasteiger partial charge in [0.15, 0.2) is 0 Å². The minimum Gasteiger partial charge on any atom is -0.392 e. The van der Waals surface area contributed by atoms with E-state index in [1.165, 1.54) is 18.2 Å². The van der Waals surface area contributed by atoms with Gasteiger partial charge in [0.2, 0.25) is 0 Å². The first kappa shape index (κ1) is 11.1. The average molecular weight is 199 g/mol. The Balaban J connectivity index is 3.00. The predicted octanol–water partition coefficient (Wildman–Crippen LogP) is 0.699. The van der Waals surface area contributed by atoms with Gasteiger partial charge in [-0.05, 0) is 24.6 Å². The van der Waals surface area contributed by atoms with Crippen LogP contribution in [0.1, 0.15) is 24.1 Å². The smallest absolute Gasteiger partial charge is 0.128 e. The topological polar surface area (TPSA) is 66.5 Å². The summed E-state index contributed by atoms with van der Waals surface area (Å²) in [5.74, 6) is -0.464. The van der Waals surface area contributed by atoms with Crippen molar-refractivity contribution < 1.29 is 14.6 Å². The van der Waals surface area contributed by atoms with Crippen LogP contribution in [0.25, 0.3) is 0 Å². The molecule has 0 aliphatic carbocycles. The van der Waals surface area contributed by atoms with Crippen molar-refractivity contribution in [3.8, 4) is 0 Å². The number of aliphatic hydroxyl groups excluding tert-OH is 2. The van der Waals surface area contributed by atoms with Crippen molar-refractivity contribution in [3.05, 3.63) is 35.1 Å². The second-order valence-electron chi connectivity index (χ2n) is 3.28. The molecule has 0 bridgehead atoms. The Bertz CT molecular complexity index is 315. The molecule has 0 radical (unpaired) electrons. The number of benzene rings is 1. The van der Waals surface area contributed by atoms with E-state index in [4.69, 9.17) is 10.8 Å². The van der Waals surface area contributed by atoms with E-state index in [1.807, 2.05) is 0 Å². The fraction of sp³-hybridized carbons (Fsp3) is 0.400.